The van der Waals surface area contributed by atoms with Crippen LogP contribution in [0.1, 0.15) is 35.2 Å². The maximum absolute atomic E-state index is 12.8. The van der Waals surface area contributed by atoms with E-state index >= 15 is 0 Å². The van der Waals surface area contributed by atoms with Crippen LogP contribution in [0.4, 0.5) is 5.69 Å². The lowest BCUT2D eigenvalue weighted by Crippen LogP contribution is -2.27. The molecule has 0 unspecified atom stereocenters. The van der Waals surface area contributed by atoms with Gasteiger partial charge in [-0.1, -0.05) is 36.4 Å². The fourth-order valence-electron chi connectivity index (χ4n) is 3.67. The fourth-order valence-corrected chi connectivity index (χ4v) is 3.67. The zero-order valence-corrected chi connectivity index (χ0v) is 20.6. The van der Waals surface area contributed by atoms with Crippen molar-refractivity contribution in [3.8, 4) is 17.6 Å². The van der Waals surface area contributed by atoms with Crippen LogP contribution in [-0.2, 0) is 17.8 Å². The van der Waals surface area contributed by atoms with Crippen molar-refractivity contribution in [1.82, 2.24) is 5.32 Å². The molecule has 0 aliphatic rings. The first-order valence-electron chi connectivity index (χ1n) is 11.5. The van der Waals surface area contributed by atoms with E-state index in [1.54, 1.807) is 30.3 Å². The molecule has 3 aromatic carbocycles. The van der Waals surface area contributed by atoms with Crippen molar-refractivity contribution < 1.29 is 19.2 Å². The molecule has 0 heterocycles. The number of nitro benzene ring substituents is 1. The number of nitriles is 1. The van der Waals surface area contributed by atoms with E-state index in [4.69, 9.17) is 9.47 Å². The smallest absolute Gasteiger partial charge is 0.269 e. The summed E-state index contributed by atoms with van der Waals surface area (Å²) in [5.74, 6) is 0.419. The first kappa shape index (κ1) is 26.7. The number of allylic oxidation sites excluding steroid dienone is 1. The van der Waals surface area contributed by atoms with Crippen LogP contribution in [0.25, 0.3) is 6.08 Å². The van der Waals surface area contributed by atoms with Crippen LogP contribution >= 0.6 is 0 Å². The number of methoxy groups -OCH3 is 1. The van der Waals surface area contributed by atoms with E-state index in [1.165, 1.54) is 25.3 Å². The van der Waals surface area contributed by atoms with Crippen LogP contribution in [0.5, 0.6) is 11.5 Å². The van der Waals surface area contributed by atoms with Crippen molar-refractivity contribution in [3.05, 3.63) is 117 Å². The zero-order chi connectivity index (χ0) is 26.8. The van der Waals surface area contributed by atoms with Crippen LogP contribution in [0.15, 0.2) is 85.0 Å². The van der Waals surface area contributed by atoms with Crippen LogP contribution in [0.2, 0.25) is 0 Å². The first-order valence-corrected chi connectivity index (χ1v) is 11.5. The van der Waals surface area contributed by atoms with Gasteiger partial charge in [0.05, 0.1) is 18.1 Å². The van der Waals surface area contributed by atoms with E-state index in [2.05, 4.69) is 11.9 Å². The highest BCUT2D eigenvalue weighted by Gasteiger charge is 2.17. The number of hydrogen-bond acceptors (Lipinski definition) is 6. The van der Waals surface area contributed by atoms with Crippen molar-refractivity contribution in [2.75, 3.05) is 7.11 Å². The van der Waals surface area contributed by atoms with Crippen LogP contribution in [0, 0.1) is 21.4 Å². The minimum absolute atomic E-state index is 0.000290. The molecule has 0 aromatic heterocycles. The lowest BCUT2D eigenvalue weighted by atomic mass is 10.0. The van der Waals surface area contributed by atoms with Gasteiger partial charge in [0, 0.05) is 17.7 Å². The lowest BCUT2D eigenvalue weighted by Gasteiger charge is -2.16. The number of nitro groups is 1. The third-order valence-corrected chi connectivity index (χ3v) is 5.59. The minimum Gasteiger partial charge on any atom is -0.493 e. The Morgan fingerprint density at radius 1 is 1.19 bits per heavy atom. The van der Waals surface area contributed by atoms with Gasteiger partial charge in [0.25, 0.3) is 11.6 Å². The molecule has 0 bridgehead atoms. The van der Waals surface area contributed by atoms with Gasteiger partial charge >= 0.3 is 0 Å². The quantitative estimate of drug-likeness (QED) is 0.120. The van der Waals surface area contributed by atoms with Crippen LogP contribution < -0.4 is 14.8 Å². The van der Waals surface area contributed by atoms with E-state index in [1.807, 2.05) is 43.3 Å². The number of carbonyl (C=O) groups is 1. The molecule has 8 nitrogen and oxygen atoms in total. The largest absolute Gasteiger partial charge is 0.493 e. The number of non-ortho nitro benzene ring substituents is 1. The second-order valence-corrected chi connectivity index (χ2v) is 8.19. The van der Waals surface area contributed by atoms with Gasteiger partial charge < -0.3 is 14.8 Å². The summed E-state index contributed by atoms with van der Waals surface area (Å²) in [5.41, 5.74) is 2.97. The fraction of sp³-hybridized carbons (Fsp3) is 0.172. The molecular weight excluding hydrogens is 470 g/mol. The van der Waals surface area contributed by atoms with Gasteiger partial charge in [0.2, 0.25) is 0 Å². The van der Waals surface area contributed by atoms with E-state index < -0.39 is 10.8 Å². The molecule has 0 fully saturated rings. The molecule has 0 aliphatic carbocycles. The molecular formula is C29H27N3O5. The summed E-state index contributed by atoms with van der Waals surface area (Å²) in [6.07, 6.45) is 3.66. The van der Waals surface area contributed by atoms with Crippen molar-refractivity contribution in [3.63, 3.8) is 0 Å². The Morgan fingerprint density at radius 3 is 2.49 bits per heavy atom. The molecule has 0 radical (unpaired) electrons. The topological polar surface area (TPSA) is 114 Å². The maximum Gasteiger partial charge on any atom is 0.269 e. The normalized spacial score (nSPS) is 11.6. The Bertz CT molecular complexity index is 1340. The van der Waals surface area contributed by atoms with Crippen LogP contribution in [-0.4, -0.2) is 17.9 Å². The molecule has 0 spiro atoms. The lowest BCUT2D eigenvalue weighted by molar-refractivity contribution is -0.384. The van der Waals surface area contributed by atoms with Gasteiger partial charge in [-0.05, 0) is 60.4 Å². The summed E-state index contributed by atoms with van der Waals surface area (Å²) in [6.45, 7) is 5.82. The van der Waals surface area contributed by atoms with E-state index in [0.29, 0.717) is 23.5 Å². The average Bonchev–Trinajstić information content (AvgIpc) is 2.91. The zero-order valence-electron chi connectivity index (χ0n) is 20.6. The highest BCUT2D eigenvalue weighted by molar-refractivity contribution is 6.02. The Kier molecular flexibility index (Phi) is 9.17. The van der Waals surface area contributed by atoms with Gasteiger partial charge in [-0.2, -0.15) is 5.26 Å². The third kappa shape index (κ3) is 7.05. The molecule has 188 valence electrons. The van der Waals surface area contributed by atoms with E-state index in [-0.39, 0.29) is 23.9 Å². The van der Waals surface area contributed by atoms with Crippen molar-refractivity contribution in [2.24, 2.45) is 0 Å². The minimum atomic E-state index is -0.485. The molecule has 0 saturated carbocycles. The number of benzene rings is 3. The monoisotopic (exact) mass is 497 g/mol. The number of ether oxygens (including phenoxy) is 2. The molecule has 0 saturated heterocycles. The predicted octanol–water partition coefficient (Wildman–Crippen LogP) is 5.70. The Balaban J connectivity index is 1.85. The second kappa shape index (κ2) is 12.7. The van der Waals surface area contributed by atoms with Crippen molar-refractivity contribution in [2.45, 2.75) is 26.0 Å². The Labute approximate surface area is 215 Å². The number of rotatable bonds is 11. The molecule has 37 heavy (non-hydrogen) atoms. The van der Waals surface area contributed by atoms with E-state index in [0.717, 1.165) is 16.7 Å². The average molecular weight is 498 g/mol. The number of carbonyl (C=O) groups excluding carboxylic acids is 1. The number of amides is 1. The molecule has 8 heteroatoms. The summed E-state index contributed by atoms with van der Waals surface area (Å²) in [7, 11) is 1.50. The molecule has 1 atom stereocenters. The van der Waals surface area contributed by atoms with Gasteiger partial charge in [-0.15, -0.1) is 6.58 Å². The Hall–Kier alpha value is -4.90. The summed E-state index contributed by atoms with van der Waals surface area (Å²) in [4.78, 5) is 23.2. The number of hydrogen-bond donors (Lipinski definition) is 1. The summed E-state index contributed by atoms with van der Waals surface area (Å²) in [5, 5.41) is 23.4. The van der Waals surface area contributed by atoms with E-state index in [9.17, 15) is 20.2 Å². The van der Waals surface area contributed by atoms with Gasteiger partial charge in [-0.3, -0.25) is 14.9 Å². The summed E-state index contributed by atoms with van der Waals surface area (Å²) in [6, 6.07) is 20.8. The first-order chi connectivity index (χ1) is 17.9. The summed E-state index contributed by atoms with van der Waals surface area (Å²) < 4.78 is 11.6. The molecule has 0 aliphatic heterocycles. The maximum atomic E-state index is 12.8. The standard InChI is InChI=1S/C29H27N3O5/c1-4-8-24-15-22(16-25(18-30)29(33)31-20(2)23-9-6-5-7-10-23)17-27(36-3)28(24)37-19-21-11-13-26(14-12-21)32(34)35/h4-7,9-17,20H,1,8,19H2,2-3H3,(H,31,33)/b25-16-/t20-/m0/s1. The Morgan fingerprint density at radius 2 is 1.89 bits per heavy atom. The molecule has 1 N–H and O–H groups in total. The summed E-state index contributed by atoms with van der Waals surface area (Å²) >= 11 is 0. The highest BCUT2D eigenvalue weighted by Crippen LogP contribution is 2.35. The number of nitrogens with zero attached hydrogens (tertiary/aromatic N) is 2. The van der Waals surface area contributed by atoms with Crippen molar-refractivity contribution in [1.29, 1.82) is 5.26 Å². The molecule has 3 aromatic rings. The van der Waals surface area contributed by atoms with Gasteiger partial charge in [0.15, 0.2) is 11.5 Å². The SMILES string of the molecule is C=CCc1cc(/C=C(/C#N)C(=O)N[C@@H](C)c2ccccc2)cc(OC)c1OCc1ccc([N+](=O)[O-])cc1. The predicted molar refractivity (Wildman–Crippen MR) is 141 cm³/mol. The van der Waals surface area contributed by atoms with Gasteiger partial charge in [-0.25, -0.2) is 0 Å². The molecule has 1 amide bonds. The van der Waals surface area contributed by atoms with Crippen LogP contribution in [0.3, 0.4) is 0 Å². The third-order valence-electron chi connectivity index (χ3n) is 5.59. The highest BCUT2D eigenvalue weighted by atomic mass is 16.6. The second-order valence-electron chi connectivity index (χ2n) is 8.19. The van der Waals surface area contributed by atoms with Gasteiger partial charge in [0.1, 0.15) is 18.2 Å². The number of nitrogens with one attached hydrogen (secondary N) is 1. The molecule has 3 rings (SSSR count). The van der Waals surface area contributed by atoms with Crippen molar-refractivity contribution >= 4 is 17.7 Å².